The lowest BCUT2D eigenvalue weighted by Crippen LogP contribution is -2.27. The van der Waals surface area contributed by atoms with Gasteiger partial charge in [-0.15, -0.1) is 0 Å². The Morgan fingerprint density at radius 1 is 1.44 bits per heavy atom. The molecule has 0 bridgehead atoms. The van der Waals surface area contributed by atoms with Crippen LogP contribution >= 0.6 is 0 Å². The molecule has 0 aliphatic heterocycles. The van der Waals surface area contributed by atoms with E-state index in [0.717, 1.165) is 36.2 Å². The summed E-state index contributed by atoms with van der Waals surface area (Å²) >= 11 is 0. The van der Waals surface area contributed by atoms with E-state index in [2.05, 4.69) is 13.8 Å². The first-order valence-corrected chi connectivity index (χ1v) is 6.60. The molecule has 1 aliphatic rings. The van der Waals surface area contributed by atoms with Gasteiger partial charge in [0.1, 0.15) is 0 Å². The van der Waals surface area contributed by atoms with Crippen molar-refractivity contribution in [3.05, 3.63) is 28.6 Å². The second-order valence-corrected chi connectivity index (χ2v) is 6.13. The summed E-state index contributed by atoms with van der Waals surface area (Å²) in [5.74, 6) is -0.725. The van der Waals surface area contributed by atoms with Crippen molar-refractivity contribution < 1.29 is 9.90 Å². The number of hydrogen-bond donors (Lipinski definition) is 1. The van der Waals surface area contributed by atoms with E-state index in [1.54, 1.807) is 0 Å². The molecule has 0 fully saturated rings. The Hall–Kier alpha value is -1.38. The zero-order valence-corrected chi connectivity index (χ0v) is 11.6. The predicted octanol–water partition coefficient (Wildman–Crippen LogP) is 3.52. The Kier molecular flexibility index (Phi) is 3.18. The third kappa shape index (κ3) is 2.14. The summed E-state index contributed by atoms with van der Waals surface area (Å²) < 4.78 is 0. The Labute approximate surface area is 108 Å². The highest BCUT2D eigenvalue weighted by atomic mass is 16.4. The maximum atomic E-state index is 11.3. The van der Waals surface area contributed by atoms with Gasteiger partial charge in [-0.2, -0.15) is 0 Å². The molecule has 0 spiro atoms. The van der Waals surface area contributed by atoms with Crippen molar-refractivity contribution in [2.24, 2.45) is 0 Å². The van der Waals surface area contributed by atoms with Crippen LogP contribution < -0.4 is 0 Å². The third-order valence-electron chi connectivity index (χ3n) is 3.80. The second-order valence-electron chi connectivity index (χ2n) is 6.13. The van der Waals surface area contributed by atoms with Gasteiger partial charge in [0.05, 0.1) is 11.3 Å². The van der Waals surface area contributed by atoms with E-state index in [0.29, 0.717) is 5.56 Å². The van der Waals surface area contributed by atoms with Crippen LogP contribution in [0.3, 0.4) is 0 Å². The zero-order valence-electron chi connectivity index (χ0n) is 11.6. The number of aromatic carboxylic acids is 1. The van der Waals surface area contributed by atoms with Gasteiger partial charge < -0.3 is 5.11 Å². The highest BCUT2D eigenvalue weighted by Crippen LogP contribution is 2.37. The normalized spacial score (nSPS) is 17.6. The van der Waals surface area contributed by atoms with Gasteiger partial charge in [0.25, 0.3) is 0 Å². The minimum atomic E-state index is -0.864. The largest absolute Gasteiger partial charge is 0.478 e. The molecule has 3 nitrogen and oxygen atoms in total. The van der Waals surface area contributed by atoms with Crippen LogP contribution in [-0.4, -0.2) is 16.1 Å². The lowest BCUT2D eigenvalue weighted by molar-refractivity contribution is 0.0694. The number of carbonyl (C=O) groups is 1. The Balaban J connectivity index is 2.65. The molecule has 2 rings (SSSR count). The first-order chi connectivity index (χ1) is 8.33. The fourth-order valence-electron chi connectivity index (χ4n) is 2.80. The molecule has 0 unspecified atom stereocenters. The third-order valence-corrected chi connectivity index (χ3v) is 3.80. The Morgan fingerprint density at radius 2 is 2.11 bits per heavy atom. The molecular weight excluding hydrogens is 226 g/mol. The summed E-state index contributed by atoms with van der Waals surface area (Å²) in [7, 11) is 0. The van der Waals surface area contributed by atoms with Gasteiger partial charge in [-0.3, -0.25) is 4.98 Å². The number of carboxylic acid groups (broad SMARTS) is 1. The number of pyridine rings is 1. The summed E-state index contributed by atoms with van der Waals surface area (Å²) in [5, 5.41) is 9.31. The quantitative estimate of drug-likeness (QED) is 0.870. The van der Waals surface area contributed by atoms with Crippen LogP contribution in [0.15, 0.2) is 6.07 Å². The van der Waals surface area contributed by atoms with Gasteiger partial charge in [0.15, 0.2) is 0 Å². The SMILES string of the molecule is CC(C)c1nc2c(cc1C(=O)O)CCCC2(C)C. The van der Waals surface area contributed by atoms with Crippen LogP contribution in [0.5, 0.6) is 0 Å². The molecule has 0 saturated heterocycles. The summed E-state index contributed by atoms with van der Waals surface area (Å²) in [6.45, 7) is 8.39. The smallest absolute Gasteiger partial charge is 0.337 e. The van der Waals surface area contributed by atoms with Crippen molar-refractivity contribution in [1.29, 1.82) is 0 Å². The van der Waals surface area contributed by atoms with Crippen molar-refractivity contribution >= 4 is 5.97 Å². The van der Waals surface area contributed by atoms with E-state index < -0.39 is 5.97 Å². The summed E-state index contributed by atoms with van der Waals surface area (Å²) in [6, 6.07) is 1.85. The average Bonchev–Trinajstić information content (AvgIpc) is 2.27. The van der Waals surface area contributed by atoms with E-state index >= 15 is 0 Å². The van der Waals surface area contributed by atoms with Gasteiger partial charge in [-0.05, 0) is 36.8 Å². The fourth-order valence-corrected chi connectivity index (χ4v) is 2.80. The molecule has 1 N–H and O–H groups in total. The van der Waals surface area contributed by atoms with Crippen LogP contribution in [0.25, 0.3) is 0 Å². The van der Waals surface area contributed by atoms with Gasteiger partial charge in [0.2, 0.25) is 0 Å². The van der Waals surface area contributed by atoms with E-state index in [1.807, 2.05) is 19.9 Å². The van der Waals surface area contributed by atoms with Crippen LogP contribution in [0.1, 0.15) is 73.8 Å². The Morgan fingerprint density at radius 3 is 2.67 bits per heavy atom. The van der Waals surface area contributed by atoms with Crippen LogP contribution in [0.4, 0.5) is 0 Å². The molecular formula is C15H21NO2. The van der Waals surface area contributed by atoms with E-state index in [-0.39, 0.29) is 11.3 Å². The molecule has 1 heterocycles. The molecule has 1 aliphatic carbocycles. The second kappa shape index (κ2) is 4.38. The number of carboxylic acids is 1. The maximum Gasteiger partial charge on any atom is 0.337 e. The van der Waals surface area contributed by atoms with E-state index in [4.69, 9.17) is 4.98 Å². The van der Waals surface area contributed by atoms with Gasteiger partial charge in [-0.1, -0.05) is 27.7 Å². The molecule has 98 valence electrons. The number of aromatic nitrogens is 1. The number of nitrogens with zero attached hydrogens (tertiary/aromatic N) is 1. The first kappa shape index (κ1) is 13.1. The number of rotatable bonds is 2. The standard InChI is InChI=1S/C15H21NO2/c1-9(2)12-11(14(17)18)8-10-6-5-7-15(3,4)13(10)16-12/h8-9H,5-7H2,1-4H3,(H,17,18). The summed E-state index contributed by atoms with van der Waals surface area (Å²) in [4.78, 5) is 16.0. The fraction of sp³-hybridized carbons (Fsp3) is 0.600. The van der Waals surface area contributed by atoms with Crippen molar-refractivity contribution in [1.82, 2.24) is 4.98 Å². The van der Waals surface area contributed by atoms with Crippen molar-refractivity contribution in [3.63, 3.8) is 0 Å². The number of aryl methyl sites for hydroxylation is 1. The monoisotopic (exact) mass is 247 g/mol. The van der Waals surface area contributed by atoms with Crippen LogP contribution in [0, 0.1) is 0 Å². The highest BCUT2D eigenvalue weighted by Gasteiger charge is 2.31. The molecule has 0 amide bonds. The Bertz CT molecular complexity index is 490. The number of hydrogen-bond acceptors (Lipinski definition) is 2. The highest BCUT2D eigenvalue weighted by molar-refractivity contribution is 5.89. The molecule has 18 heavy (non-hydrogen) atoms. The zero-order chi connectivity index (χ0) is 13.5. The molecule has 1 aromatic heterocycles. The van der Waals surface area contributed by atoms with Crippen molar-refractivity contribution in [3.8, 4) is 0 Å². The van der Waals surface area contributed by atoms with E-state index in [1.165, 1.54) is 0 Å². The lowest BCUT2D eigenvalue weighted by atomic mass is 9.75. The average molecular weight is 247 g/mol. The maximum absolute atomic E-state index is 11.3. The first-order valence-electron chi connectivity index (χ1n) is 6.60. The summed E-state index contributed by atoms with van der Waals surface area (Å²) in [6.07, 6.45) is 3.18. The van der Waals surface area contributed by atoms with Gasteiger partial charge in [-0.25, -0.2) is 4.79 Å². The molecule has 0 saturated carbocycles. The summed E-state index contributed by atoms with van der Waals surface area (Å²) in [5.41, 5.74) is 3.38. The lowest BCUT2D eigenvalue weighted by Gasteiger charge is -2.32. The van der Waals surface area contributed by atoms with E-state index in [9.17, 15) is 9.90 Å². The molecule has 0 atom stereocenters. The van der Waals surface area contributed by atoms with Crippen molar-refractivity contribution in [2.75, 3.05) is 0 Å². The van der Waals surface area contributed by atoms with Gasteiger partial charge in [0, 0.05) is 11.1 Å². The minimum Gasteiger partial charge on any atom is -0.478 e. The topological polar surface area (TPSA) is 50.2 Å². The minimum absolute atomic E-state index is 0.0637. The predicted molar refractivity (Wildman–Crippen MR) is 71.2 cm³/mol. The molecule has 0 aromatic carbocycles. The van der Waals surface area contributed by atoms with Crippen molar-refractivity contribution in [2.45, 2.75) is 58.3 Å². The van der Waals surface area contributed by atoms with Crippen LogP contribution in [-0.2, 0) is 11.8 Å². The van der Waals surface area contributed by atoms with Gasteiger partial charge >= 0.3 is 5.97 Å². The molecule has 1 aromatic rings. The number of fused-ring (bicyclic) bond motifs is 1. The molecule has 0 radical (unpaired) electrons. The van der Waals surface area contributed by atoms with Crippen LogP contribution in [0.2, 0.25) is 0 Å². The molecule has 3 heteroatoms.